The molecule has 0 unspecified atom stereocenters. The minimum absolute atomic E-state index is 0.284. The lowest BCUT2D eigenvalue weighted by Crippen LogP contribution is -2.45. The molecule has 1 aliphatic rings. The molecule has 0 atom stereocenters. The van der Waals surface area contributed by atoms with Gasteiger partial charge in [0.05, 0.1) is 0 Å². The quantitative estimate of drug-likeness (QED) is 0.444. The highest BCUT2D eigenvalue weighted by atomic mass is 19.1. The van der Waals surface area contributed by atoms with Gasteiger partial charge in [0.15, 0.2) is 0 Å². The fourth-order valence-electron chi connectivity index (χ4n) is 1.42. The summed E-state index contributed by atoms with van der Waals surface area (Å²) >= 11 is 0. The van der Waals surface area contributed by atoms with E-state index in [4.69, 9.17) is 5.26 Å². The van der Waals surface area contributed by atoms with Crippen molar-refractivity contribution in [2.45, 2.75) is 6.42 Å². The van der Waals surface area contributed by atoms with Crippen LogP contribution >= 0.6 is 0 Å². The normalized spacial score (nSPS) is 15.2. The van der Waals surface area contributed by atoms with Crippen molar-refractivity contribution in [2.75, 3.05) is 18.4 Å². The number of rotatable bonds is 1. The Morgan fingerprint density at radius 2 is 2.06 bits per heavy atom. The van der Waals surface area contributed by atoms with E-state index in [1.165, 1.54) is 12.1 Å². The van der Waals surface area contributed by atoms with E-state index in [9.17, 15) is 4.39 Å². The molecule has 1 aliphatic heterocycles. The van der Waals surface area contributed by atoms with Crippen molar-refractivity contribution in [3.8, 4) is 6.19 Å². The predicted molar refractivity (Wildman–Crippen MR) is 59.3 cm³/mol. The maximum atomic E-state index is 12.7. The van der Waals surface area contributed by atoms with E-state index in [-0.39, 0.29) is 5.82 Å². The maximum absolute atomic E-state index is 12.7. The van der Waals surface area contributed by atoms with Gasteiger partial charge in [-0.2, -0.15) is 5.26 Å². The molecule has 0 bridgehead atoms. The Morgan fingerprint density at radius 3 is 2.56 bits per heavy atom. The molecule has 0 saturated carbocycles. The highest BCUT2D eigenvalue weighted by Crippen LogP contribution is 2.12. The number of likely N-dealkylation sites (tertiary alicyclic amines) is 1. The Bertz CT molecular complexity index is 428. The molecule has 1 aromatic rings. The second-order valence-corrected chi connectivity index (χ2v) is 3.51. The third-order valence-electron chi connectivity index (χ3n) is 2.41. The van der Waals surface area contributed by atoms with Crippen LogP contribution in [-0.2, 0) is 0 Å². The van der Waals surface area contributed by atoms with Gasteiger partial charge in [-0.25, -0.2) is 4.39 Å². The summed E-state index contributed by atoms with van der Waals surface area (Å²) in [6, 6.07) is 5.95. The first-order chi connectivity index (χ1) is 7.79. The summed E-state index contributed by atoms with van der Waals surface area (Å²) in [6.45, 7) is 1.80. The number of nitrogens with zero attached hydrogens (tertiary/aromatic N) is 3. The average molecular weight is 218 g/mol. The van der Waals surface area contributed by atoms with Crippen LogP contribution in [0.15, 0.2) is 29.3 Å². The number of aliphatic imine (C=N–C) groups is 1. The van der Waals surface area contributed by atoms with Gasteiger partial charge in [-0.05, 0) is 30.7 Å². The minimum Gasteiger partial charge on any atom is -0.342 e. The van der Waals surface area contributed by atoms with Gasteiger partial charge in [-0.3, -0.25) is 0 Å². The van der Waals surface area contributed by atoms with E-state index in [1.807, 2.05) is 4.90 Å². The van der Waals surface area contributed by atoms with Crippen molar-refractivity contribution in [2.24, 2.45) is 4.99 Å². The van der Waals surface area contributed by atoms with Crippen LogP contribution in [0.4, 0.5) is 10.1 Å². The molecule has 2 rings (SSSR count). The summed E-state index contributed by atoms with van der Waals surface area (Å²) in [7, 11) is 0. The Kier molecular flexibility index (Phi) is 3.01. The largest absolute Gasteiger partial charge is 0.342 e. The third kappa shape index (κ3) is 2.28. The third-order valence-corrected chi connectivity index (χ3v) is 2.41. The van der Waals surface area contributed by atoms with E-state index in [0.29, 0.717) is 5.96 Å². The number of hydrogen-bond donors (Lipinski definition) is 1. The molecule has 1 fully saturated rings. The molecule has 4 nitrogen and oxygen atoms in total. The van der Waals surface area contributed by atoms with Crippen LogP contribution in [0.2, 0.25) is 0 Å². The second kappa shape index (κ2) is 4.62. The highest BCUT2D eigenvalue weighted by Gasteiger charge is 2.18. The molecule has 0 spiro atoms. The number of guanidine groups is 1. The zero-order chi connectivity index (χ0) is 11.4. The van der Waals surface area contributed by atoms with Crippen molar-refractivity contribution >= 4 is 11.6 Å². The molecule has 82 valence electrons. The van der Waals surface area contributed by atoms with Crippen molar-refractivity contribution in [3.05, 3.63) is 30.1 Å². The molecular weight excluding hydrogens is 207 g/mol. The van der Waals surface area contributed by atoms with Gasteiger partial charge >= 0.3 is 0 Å². The second-order valence-electron chi connectivity index (χ2n) is 3.51. The number of benzene rings is 1. The topological polar surface area (TPSA) is 51.4 Å². The minimum atomic E-state index is -0.284. The lowest BCUT2D eigenvalue weighted by molar-refractivity contribution is 0.299. The summed E-state index contributed by atoms with van der Waals surface area (Å²) < 4.78 is 12.7. The van der Waals surface area contributed by atoms with E-state index in [1.54, 1.807) is 18.3 Å². The molecule has 1 saturated heterocycles. The lowest BCUT2D eigenvalue weighted by atomic mass is 10.2. The summed E-state index contributed by atoms with van der Waals surface area (Å²) in [6.07, 6.45) is 2.86. The first kappa shape index (κ1) is 10.4. The van der Waals surface area contributed by atoms with Gasteiger partial charge in [-0.15, -0.1) is 4.99 Å². The first-order valence-electron chi connectivity index (χ1n) is 5.04. The van der Waals surface area contributed by atoms with E-state index < -0.39 is 0 Å². The van der Waals surface area contributed by atoms with Crippen molar-refractivity contribution < 1.29 is 4.39 Å². The van der Waals surface area contributed by atoms with Crippen LogP contribution in [0.3, 0.4) is 0 Å². The van der Waals surface area contributed by atoms with E-state index >= 15 is 0 Å². The zero-order valence-corrected chi connectivity index (χ0v) is 8.65. The number of halogens is 1. The van der Waals surface area contributed by atoms with Crippen LogP contribution in [0.5, 0.6) is 0 Å². The van der Waals surface area contributed by atoms with Crippen LogP contribution in [0.1, 0.15) is 6.42 Å². The number of nitriles is 1. The van der Waals surface area contributed by atoms with E-state index in [2.05, 4.69) is 10.3 Å². The number of nitrogens with one attached hydrogen (secondary N) is 1. The van der Waals surface area contributed by atoms with Crippen molar-refractivity contribution in [3.63, 3.8) is 0 Å². The molecule has 1 N–H and O–H groups in total. The summed E-state index contributed by atoms with van der Waals surface area (Å²) in [5.41, 5.74) is 0.724. The molecule has 0 amide bonds. The molecule has 1 heterocycles. The van der Waals surface area contributed by atoms with Gasteiger partial charge in [0.2, 0.25) is 12.2 Å². The zero-order valence-electron chi connectivity index (χ0n) is 8.65. The first-order valence-corrected chi connectivity index (χ1v) is 5.04. The van der Waals surface area contributed by atoms with Crippen LogP contribution in [-0.4, -0.2) is 23.9 Å². The van der Waals surface area contributed by atoms with Gasteiger partial charge in [0, 0.05) is 18.8 Å². The van der Waals surface area contributed by atoms with Crippen molar-refractivity contribution in [1.29, 1.82) is 5.26 Å². The van der Waals surface area contributed by atoms with Gasteiger partial charge in [0.1, 0.15) is 5.82 Å². The molecular formula is C11H11FN4. The SMILES string of the molecule is N#C/N=C(\Nc1ccc(F)cc1)N1CCC1. The van der Waals surface area contributed by atoms with Gasteiger partial charge in [0.25, 0.3) is 0 Å². The Balaban J connectivity index is 2.08. The average Bonchev–Trinajstić information content (AvgIpc) is 2.19. The molecule has 0 aromatic heterocycles. The van der Waals surface area contributed by atoms with Crippen molar-refractivity contribution in [1.82, 2.24) is 4.90 Å². The number of hydrogen-bond acceptors (Lipinski definition) is 2. The van der Waals surface area contributed by atoms with Crippen LogP contribution in [0, 0.1) is 17.3 Å². The fourth-order valence-corrected chi connectivity index (χ4v) is 1.42. The maximum Gasteiger partial charge on any atom is 0.214 e. The van der Waals surface area contributed by atoms with Crippen LogP contribution < -0.4 is 5.32 Å². The van der Waals surface area contributed by atoms with E-state index in [0.717, 1.165) is 25.2 Å². The Hall–Kier alpha value is -2.09. The van der Waals surface area contributed by atoms with Gasteiger partial charge < -0.3 is 10.2 Å². The smallest absolute Gasteiger partial charge is 0.214 e. The Labute approximate surface area is 93.0 Å². The predicted octanol–water partition coefficient (Wildman–Crippen LogP) is 1.78. The lowest BCUT2D eigenvalue weighted by Gasteiger charge is -2.33. The molecule has 16 heavy (non-hydrogen) atoms. The summed E-state index contributed by atoms with van der Waals surface area (Å²) in [5.74, 6) is 0.244. The standard InChI is InChI=1S/C11H11FN4/c12-9-2-4-10(5-3-9)15-11(14-8-13)16-6-1-7-16/h2-5H,1,6-7H2,(H,14,15). The molecule has 0 aliphatic carbocycles. The monoisotopic (exact) mass is 218 g/mol. The summed E-state index contributed by atoms with van der Waals surface area (Å²) in [5, 5.41) is 11.6. The molecule has 0 radical (unpaired) electrons. The molecule has 1 aromatic carbocycles. The highest BCUT2D eigenvalue weighted by molar-refractivity contribution is 5.94. The molecule has 5 heteroatoms. The number of anilines is 1. The summed E-state index contributed by atoms with van der Waals surface area (Å²) in [4.78, 5) is 5.67. The van der Waals surface area contributed by atoms with Crippen LogP contribution in [0.25, 0.3) is 0 Å². The van der Waals surface area contributed by atoms with Gasteiger partial charge in [-0.1, -0.05) is 0 Å². The fraction of sp³-hybridized carbons (Fsp3) is 0.273. The Morgan fingerprint density at radius 1 is 1.38 bits per heavy atom.